The van der Waals surface area contributed by atoms with Gasteiger partial charge in [0.15, 0.2) is 0 Å². The molecule has 5 heteroatoms. The summed E-state index contributed by atoms with van der Waals surface area (Å²) in [5.41, 5.74) is -0.674. The Balaban J connectivity index is 1.82. The molecule has 1 aliphatic carbocycles. The second kappa shape index (κ2) is 5.04. The smallest absolute Gasteiger partial charge is 0.305 e. The minimum atomic E-state index is -0.891. The standard InChI is InChI=1S/C12H19NO4/c14-10(4-3-9-1-2-9)13-12(7-11(15)16)5-6-17-8-12/h9H,1-8H2,(H,13,14)(H,15,16). The third-order valence-electron chi connectivity index (χ3n) is 3.47. The second-order valence-corrected chi connectivity index (χ2v) is 5.18. The molecule has 1 heterocycles. The highest BCUT2D eigenvalue weighted by molar-refractivity contribution is 5.78. The van der Waals surface area contributed by atoms with Crippen molar-refractivity contribution in [3.63, 3.8) is 0 Å². The van der Waals surface area contributed by atoms with Crippen LogP contribution in [0.5, 0.6) is 0 Å². The molecule has 1 amide bonds. The van der Waals surface area contributed by atoms with E-state index in [9.17, 15) is 9.59 Å². The van der Waals surface area contributed by atoms with Crippen LogP contribution < -0.4 is 5.32 Å². The largest absolute Gasteiger partial charge is 0.481 e. The maximum absolute atomic E-state index is 11.8. The third-order valence-corrected chi connectivity index (χ3v) is 3.47. The Labute approximate surface area is 101 Å². The molecule has 1 atom stereocenters. The van der Waals surface area contributed by atoms with Crippen LogP contribution in [0.4, 0.5) is 0 Å². The number of ether oxygens (including phenoxy) is 1. The average molecular weight is 241 g/mol. The number of nitrogens with one attached hydrogen (secondary N) is 1. The van der Waals surface area contributed by atoms with Gasteiger partial charge in [-0.2, -0.15) is 0 Å². The van der Waals surface area contributed by atoms with Crippen molar-refractivity contribution in [2.24, 2.45) is 5.92 Å². The monoisotopic (exact) mass is 241 g/mol. The van der Waals surface area contributed by atoms with Crippen LogP contribution in [0.1, 0.15) is 38.5 Å². The molecule has 2 rings (SSSR count). The summed E-state index contributed by atoms with van der Waals surface area (Å²) in [6, 6.07) is 0. The lowest BCUT2D eigenvalue weighted by Crippen LogP contribution is -2.50. The molecule has 1 saturated heterocycles. The maximum atomic E-state index is 11.8. The summed E-state index contributed by atoms with van der Waals surface area (Å²) in [7, 11) is 0. The molecule has 2 N–H and O–H groups in total. The van der Waals surface area contributed by atoms with Crippen molar-refractivity contribution in [1.29, 1.82) is 0 Å². The first kappa shape index (κ1) is 12.4. The van der Waals surface area contributed by atoms with Gasteiger partial charge in [0.05, 0.1) is 18.6 Å². The van der Waals surface area contributed by atoms with E-state index in [4.69, 9.17) is 9.84 Å². The Morgan fingerprint density at radius 1 is 1.41 bits per heavy atom. The minimum Gasteiger partial charge on any atom is -0.481 e. The third kappa shape index (κ3) is 3.70. The predicted molar refractivity (Wildman–Crippen MR) is 60.5 cm³/mol. The van der Waals surface area contributed by atoms with E-state index in [1.54, 1.807) is 0 Å². The van der Waals surface area contributed by atoms with Crippen LogP contribution in [-0.2, 0) is 14.3 Å². The molecule has 2 aliphatic rings. The Hall–Kier alpha value is -1.10. The van der Waals surface area contributed by atoms with Crippen molar-refractivity contribution >= 4 is 11.9 Å². The van der Waals surface area contributed by atoms with E-state index in [0.717, 1.165) is 12.3 Å². The summed E-state index contributed by atoms with van der Waals surface area (Å²) >= 11 is 0. The fourth-order valence-electron chi connectivity index (χ4n) is 2.28. The highest BCUT2D eigenvalue weighted by atomic mass is 16.5. The van der Waals surface area contributed by atoms with E-state index >= 15 is 0 Å². The Morgan fingerprint density at radius 2 is 2.18 bits per heavy atom. The molecule has 1 unspecified atom stereocenters. The molecular formula is C12H19NO4. The average Bonchev–Trinajstić information content (AvgIpc) is 2.97. The minimum absolute atomic E-state index is 0.0383. The summed E-state index contributed by atoms with van der Waals surface area (Å²) in [5, 5.41) is 11.7. The van der Waals surface area contributed by atoms with Crippen molar-refractivity contribution in [2.75, 3.05) is 13.2 Å². The number of rotatable bonds is 6. The van der Waals surface area contributed by atoms with Crippen LogP contribution in [0.15, 0.2) is 0 Å². The van der Waals surface area contributed by atoms with Crippen LogP contribution >= 0.6 is 0 Å². The Kier molecular flexibility index (Phi) is 3.66. The molecule has 2 fully saturated rings. The van der Waals surface area contributed by atoms with E-state index < -0.39 is 11.5 Å². The predicted octanol–water partition coefficient (Wildman–Crippen LogP) is 0.927. The fourth-order valence-corrected chi connectivity index (χ4v) is 2.28. The van der Waals surface area contributed by atoms with Gasteiger partial charge in [0.25, 0.3) is 0 Å². The zero-order valence-electron chi connectivity index (χ0n) is 9.91. The summed E-state index contributed by atoms with van der Waals surface area (Å²) < 4.78 is 5.22. The zero-order valence-corrected chi connectivity index (χ0v) is 9.91. The molecule has 1 aliphatic heterocycles. The lowest BCUT2D eigenvalue weighted by Gasteiger charge is -2.27. The number of carboxylic acids is 1. The molecule has 1 saturated carbocycles. The van der Waals surface area contributed by atoms with E-state index in [1.807, 2.05) is 0 Å². The van der Waals surface area contributed by atoms with Gasteiger partial charge in [-0.05, 0) is 18.8 Å². The summed E-state index contributed by atoms with van der Waals surface area (Å²) in [4.78, 5) is 22.6. The molecular weight excluding hydrogens is 222 g/mol. The quantitative estimate of drug-likeness (QED) is 0.725. The van der Waals surface area contributed by atoms with Gasteiger partial charge in [0.1, 0.15) is 0 Å². The summed E-state index contributed by atoms with van der Waals surface area (Å²) in [6.45, 7) is 0.838. The number of carboxylic acid groups (broad SMARTS) is 1. The van der Waals surface area contributed by atoms with Gasteiger partial charge in [-0.25, -0.2) is 0 Å². The Bertz CT molecular complexity index is 306. The van der Waals surface area contributed by atoms with Gasteiger partial charge in [0, 0.05) is 13.0 Å². The highest BCUT2D eigenvalue weighted by Gasteiger charge is 2.38. The highest BCUT2D eigenvalue weighted by Crippen LogP contribution is 2.33. The number of carbonyl (C=O) groups excluding carboxylic acids is 1. The SMILES string of the molecule is O=C(O)CC1(NC(=O)CCC2CC2)CCOC1. The fraction of sp³-hybridized carbons (Fsp3) is 0.833. The van der Waals surface area contributed by atoms with E-state index in [2.05, 4.69) is 5.32 Å². The van der Waals surface area contributed by atoms with Crippen LogP contribution in [0.3, 0.4) is 0 Å². The molecule has 0 radical (unpaired) electrons. The molecule has 0 aromatic heterocycles. The summed E-state index contributed by atoms with van der Waals surface area (Å²) in [5.74, 6) is -0.211. The number of amides is 1. The van der Waals surface area contributed by atoms with Crippen molar-refractivity contribution in [3.05, 3.63) is 0 Å². The van der Waals surface area contributed by atoms with Crippen LogP contribution in [0.25, 0.3) is 0 Å². The molecule has 17 heavy (non-hydrogen) atoms. The lowest BCUT2D eigenvalue weighted by atomic mass is 9.94. The molecule has 0 aromatic carbocycles. The maximum Gasteiger partial charge on any atom is 0.305 e. The second-order valence-electron chi connectivity index (χ2n) is 5.18. The first-order chi connectivity index (χ1) is 8.10. The van der Waals surface area contributed by atoms with Gasteiger partial charge in [-0.15, -0.1) is 0 Å². The summed E-state index contributed by atoms with van der Waals surface area (Å²) in [6.07, 6.45) is 4.44. The van der Waals surface area contributed by atoms with Gasteiger partial charge in [0.2, 0.25) is 5.91 Å². The Morgan fingerprint density at radius 3 is 2.71 bits per heavy atom. The topological polar surface area (TPSA) is 75.6 Å². The normalized spacial score (nSPS) is 28.0. The van der Waals surface area contributed by atoms with Crippen molar-refractivity contribution < 1.29 is 19.4 Å². The van der Waals surface area contributed by atoms with Gasteiger partial charge in [-0.1, -0.05) is 12.8 Å². The van der Waals surface area contributed by atoms with Crippen LogP contribution in [-0.4, -0.2) is 35.7 Å². The molecule has 96 valence electrons. The van der Waals surface area contributed by atoms with Crippen molar-refractivity contribution in [1.82, 2.24) is 5.32 Å². The van der Waals surface area contributed by atoms with Gasteiger partial charge >= 0.3 is 5.97 Å². The van der Waals surface area contributed by atoms with Crippen molar-refractivity contribution in [3.8, 4) is 0 Å². The number of carbonyl (C=O) groups is 2. The molecule has 0 spiro atoms. The van der Waals surface area contributed by atoms with Crippen LogP contribution in [0, 0.1) is 5.92 Å². The number of hydrogen-bond donors (Lipinski definition) is 2. The number of hydrogen-bond acceptors (Lipinski definition) is 3. The van der Waals surface area contributed by atoms with Gasteiger partial charge in [-0.3, -0.25) is 9.59 Å². The van der Waals surface area contributed by atoms with Gasteiger partial charge < -0.3 is 15.2 Å². The van der Waals surface area contributed by atoms with E-state index in [0.29, 0.717) is 26.1 Å². The molecule has 0 aromatic rings. The van der Waals surface area contributed by atoms with Crippen molar-refractivity contribution in [2.45, 2.75) is 44.1 Å². The zero-order chi connectivity index (χ0) is 12.3. The van der Waals surface area contributed by atoms with E-state index in [1.165, 1.54) is 12.8 Å². The van der Waals surface area contributed by atoms with Crippen LogP contribution in [0.2, 0.25) is 0 Å². The molecule has 0 bridgehead atoms. The lowest BCUT2D eigenvalue weighted by molar-refractivity contribution is -0.139. The van der Waals surface area contributed by atoms with E-state index in [-0.39, 0.29) is 12.3 Å². The first-order valence-electron chi connectivity index (χ1n) is 6.20. The number of aliphatic carboxylic acids is 1. The molecule has 5 nitrogen and oxygen atoms in total. The first-order valence-corrected chi connectivity index (χ1v) is 6.20.